The molecule has 14 rings (SSSR count). The lowest BCUT2D eigenvalue weighted by Crippen LogP contribution is -2.53. The van der Waals surface area contributed by atoms with Crippen LogP contribution in [0.4, 0.5) is 0 Å². The van der Waals surface area contributed by atoms with E-state index in [4.69, 9.17) is 9.39 Å². The number of rotatable bonds is 3. The van der Waals surface area contributed by atoms with E-state index in [-0.39, 0.29) is 6.92 Å². The summed E-state index contributed by atoms with van der Waals surface area (Å²) in [6.45, 7) is -0.287. The average molecular weight is 751 g/mol. The Bertz CT molecular complexity index is 3630. The maximum absolute atomic E-state index is 7.01. The molecule has 2 aliphatic rings. The molecule has 272 valence electrons. The zero-order valence-corrected chi connectivity index (χ0v) is 31.7. The van der Waals surface area contributed by atoms with Gasteiger partial charge in [0.2, 0.25) is 0 Å². The van der Waals surface area contributed by atoms with Gasteiger partial charge in [0.15, 0.2) is 0 Å². The van der Waals surface area contributed by atoms with Gasteiger partial charge in [-0.05, 0) is 95.1 Å². The fourth-order valence-electron chi connectivity index (χ4n) is 10.4. The lowest BCUT2D eigenvalue weighted by molar-refractivity contribution is 0.479. The topological polar surface area (TPSA) is 27.8 Å². The van der Waals surface area contributed by atoms with E-state index in [0.717, 1.165) is 61.7 Å². The molecular weight excluding hydrogens is 719 g/mol. The second-order valence-corrected chi connectivity index (χ2v) is 16.0. The smallest absolute Gasteiger partial charge is 0.434 e. The normalized spacial score (nSPS) is 13.0. The zero-order valence-electron chi connectivity index (χ0n) is 31.7. The van der Waals surface area contributed by atoms with Crippen LogP contribution in [0.1, 0.15) is 0 Å². The predicted octanol–water partition coefficient (Wildman–Crippen LogP) is 12.5. The van der Waals surface area contributed by atoms with Crippen molar-refractivity contribution in [2.45, 2.75) is 0 Å². The molecule has 4 nitrogen and oxygen atoms in total. The van der Waals surface area contributed by atoms with Gasteiger partial charge in [-0.15, -0.1) is 0 Å². The number of para-hydroxylation sites is 6. The first kappa shape index (κ1) is 31.3. The summed E-state index contributed by atoms with van der Waals surface area (Å²) in [7, 11) is 0. The van der Waals surface area contributed by atoms with Gasteiger partial charge in [-0.25, -0.2) is 0 Å². The highest BCUT2D eigenvalue weighted by Crippen LogP contribution is 2.46. The van der Waals surface area contributed by atoms with Crippen molar-refractivity contribution in [1.82, 2.24) is 8.97 Å². The molecular formula is C54H31BN2O2. The fourth-order valence-corrected chi connectivity index (χ4v) is 10.4. The molecule has 0 amide bonds. The van der Waals surface area contributed by atoms with Crippen LogP contribution >= 0.6 is 0 Å². The molecule has 0 saturated heterocycles. The Balaban J connectivity index is 1.01. The van der Waals surface area contributed by atoms with E-state index in [2.05, 4.69) is 185 Å². The van der Waals surface area contributed by atoms with Crippen LogP contribution in [0.15, 0.2) is 188 Å². The summed E-state index contributed by atoms with van der Waals surface area (Å²) in [6, 6.07) is 68.1. The number of aromatic nitrogens is 2. The van der Waals surface area contributed by atoms with Crippen molar-refractivity contribution in [3.05, 3.63) is 188 Å². The zero-order chi connectivity index (χ0) is 38.3. The Morgan fingerprint density at radius 1 is 0.373 bits per heavy atom. The molecule has 5 heteroatoms. The molecule has 0 bridgehead atoms. The monoisotopic (exact) mass is 750 g/mol. The van der Waals surface area contributed by atoms with Gasteiger partial charge >= 0.3 is 6.92 Å². The molecule has 0 spiro atoms. The first-order valence-electron chi connectivity index (χ1n) is 20.3. The first-order valence-corrected chi connectivity index (χ1v) is 20.3. The van der Waals surface area contributed by atoms with Gasteiger partial charge in [0.1, 0.15) is 17.2 Å². The van der Waals surface area contributed by atoms with Gasteiger partial charge in [-0.3, -0.25) is 0 Å². The highest BCUT2D eigenvalue weighted by atomic mass is 16.5. The highest BCUT2D eigenvalue weighted by molar-refractivity contribution is 6.84. The summed E-state index contributed by atoms with van der Waals surface area (Å²) in [4.78, 5) is 0. The first-order chi connectivity index (χ1) is 29.3. The van der Waals surface area contributed by atoms with E-state index in [1.54, 1.807) is 0 Å². The van der Waals surface area contributed by atoms with Crippen molar-refractivity contribution in [3.63, 3.8) is 0 Å². The Labute approximate surface area is 339 Å². The van der Waals surface area contributed by atoms with Crippen molar-refractivity contribution in [3.8, 4) is 56.3 Å². The van der Waals surface area contributed by atoms with Crippen LogP contribution in [0, 0.1) is 0 Å². The van der Waals surface area contributed by atoms with Gasteiger partial charge in [-0.2, -0.15) is 0 Å². The van der Waals surface area contributed by atoms with Crippen LogP contribution in [0.25, 0.3) is 99.0 Å². The molecule has 0 aliphatic carbocycles. The van der Waals surface area contributed by atoms with Crippen LogP contribution in [-0.4, -0.2) is 15.9 Å². The number of hydrogen-bond donors (Lipinski definition) is 0. The summed E-state index contributed by atoms with van der Waals surface area (Å²) < 4.78 is 18.7. The average Bonchev–Trinajstić information content (AvgIpc) is 3.94. The third-order valence-electron chi connectivity index (χ3n) is 12.9. The number of ether oxygens (including phenoxy) is 1. The molecule has 3 aromatic heterocycles. The minimum absolute atomic E-state index is 0.287. The number of hydrogen-bond acceptors (Lipinski definition) is 2. The minimum Gasteiger partial charge on any atom is -0.551 e. The molecule has 9 aromatic carbocycles. The molecule has 59 heavy (non-hydrogen) atoms. The van der Waals surface area contributed by atoms with Crippen molar-refractivity contribution in [2.24, 2.45) is 0 Å². The fraction of sp³-hybridized carbons (Fsp3) is 0. The summed E-state index contributed by atoms with van der Waals surface area (Å²) in [5.41, 5.74) is 16.1. The minimum atomic E-state index is -0.287. The van der Waals surface area contributed by atoms with Crippen LogP contribution in [0.3, 0.4) is 0 Å². The van der Waals surface area contributed by atoms with Gasteiger partial charge in [0.05, 0.1) is 33.3 Å². The van der Waals surface area contributed by atoms with E-state index in [1.807, 2.05) is 12.1 Å². The molecule has 2 aliphatic heterocycles. The third-order valence-corrected chi connectivity index (χ3v) is 12.9. The maximum atomic E-state index is 7.01. The van der Waals surface area contributed by atoms with E-state index in [1.165, 1.54) is 65.5 Å². The number of benzene rings is 9. The van der Waals surface area contributed by atoms with E-state index in [9.17, 15) is 0 Å². The maximum Gasteiger partial charge on any atom is 0.434 e. The summed E-state index contributed by atoms with van der Waals surface area (Å²) in [6.07, 6.45) is 0. The van der Waals surface area contributed by atoms with E-state index < -0.39 is 0 Å². The summed E-state index contributed by atoms with van der Waals surface area (Å²) >= 11 is 0. The van der Waals surface area contributed by atoms with Gasteiger partial charge in [0, 0.05) is 54.4 Å². The Kier molecular flexibility index (Phi) is 6.07. The van der Waals surface area contributed by atoms with Crippen LogP contribution < -0.4 is 20.3 Å². The Morgan fingerprint density at radius 3 is 1.66 bits per heavy atom. The number of nitrogens with zero attached hydrogens (tertiary/aromatic N) is 2. The second-order valence-electron chi connectivity index (χ2n) is 16.0. The van der Waals surface area contributed by atoms with Crippen LogP contribution in [0.2, 0.25) is 0 Å². The largest absolute Gasteiger partial charge is 0.551 e. The second kappa shape index (κ2) is 11.4. The van der Waals surface area contributed by atoms with Crippen molar-refractivity contribution in [1.29, 1.82) is 0 Å². The van der Waals surface area contributed by atoms with Crippen LogP contribution in [-0.2, 0) is 0 Å². The summed E-state index contributed by atoms with van der Waals surface area (Å²) in [5, 5.41) is 7.55. The standard InChI is InChI=1S/C54H31BN2O2/c1-7-19-45(56-46-20-8-2-14-36(46)37-15-3-9-21-47(37)56)35(13-1)34-30-41-40-27-32(25-26-50(40)59-55-44-18-6-12-24-51(44)58-52(31-34)53(41)55)33-28-42-38-16-4-10-22-48(38)57-49-23-11-5-17-39(49)43(29-33)54(42)57/h1-31H. The van der Waals surface area contributed by atoms with Crippen molar-refractivity contribution >= 4 is 77.7 Å². The Morgan fingerprint density at radius 2 is 0.949 bits per heavy atom. The Hall–Kier alpha value is -7.76. The van der Waals surface area contributed by atoms with E-state index in [0.29, 0.717) is 0 Å². The summed E-state index contributed by atoms with van der Waals surface area (Å²) in [5.74, 6) is 2.53. The quantitative estimate of drug-likeness (QED) is 0.168. The lowest BCUT2D eigenvalue weighted by atomic mass is 9.50. The highest BCUT2D eigenvalue weighted by Gasteiger charge is 2.41. The molecule has 0 unspecified atom stereocenters. The van der Waals surface area contributed by atoms with Gasteiger partial charge in [0.25, 0.3) is 0 Å². The SMILES string of the molecule is c1ccc2c(c1)Oc1cc(-c3ccccc3-n3c4ccccc4c4ccccc43)cc3c1B2Oc1ccc(-c2cc4c5ccccc5n5c6ccccc6c(c2)c45)cc1-3. The lowest BCUT2D eigenvalue weighted by Gasteiger charge is -2.33. The van der Waals surface area contributed by atoms with Crippen molar-refractivity contribution in [2.75, 3.05) is 0 Å². The van der Waals surface area contributed by atoms with Crippen molar-refractivity contribution < 1.29 is 9.39 Å². The molecule has 0 N–H and O–H groups in total. The van der Waals surface area contributed by atoms with Gasteiger partial charge in [-0.1, -0.05) is 115 Å². The molecule has 12 aromatic rings. The molecule has 0 fully saturated rings. The van der Waals surface area contributed by atoms with Crippen LogP contribution in [0.5, 0.6) is 17.2 Å². The predicted molar refractivity (Wildman–Crippen MR) is 244 cm³/mol. The number of fused-ring (bicyclic) bond motifs is 13. The van der Waals surface area contributed by atoms with E-state index >= 15 is 0 Å². The third kappa shape index (κ3) is 4.18. The molecule has 0 radical (unpaired) electrons. The molecule has 5 heterocycles. The molecule has 0 atom stereocenters. The molecule has 0 saturated carbocycles. The van der Waals surface area contributed by atoms with Gasteiger partial charge < -0.3 is 18.4 Å².